The van der Waals surface area contributed by atoms with Crippen molar-refractivity contribution in [2.75, 3.05) is 4.90 Å². The summed E-state index contributed by atoms with van der Waals surface area (Å²) in [6, 6.07) is 86.8. The molecule has 0 unspecified atom stereocenters. The monoisotopic (exact) mass is 773 g/mol. The first-order valence-electron chi connectivity index (χ1n) is 21.1. The minimum Gasteiger partial charge on any atom is -0.311 e. The molecular weight excluding hydrogens is 735 g/mol. The maximum atomic E-state index is 2.38. The van der Waals surface area contributed by atoms with Crippen molar-refractivity contribution in [2.45, 2.75) is 0 Å². The fraction of sp³-hybridized carbons (Fsp3) is 0. The quantitative estimate of drug-likeness (QED) is 0.152. The molecule has 0 heterocycles. The van der Waals surface area contributed by atoms with E-state index in [1.165, 1.54) is 98.0 Å². The van der Waals surface area contributed by atoms with Crippen molar-refractivity contribution in [1.82, 2.24) is 0 Å². The van der Waals surface area contributed by atoms with E-state index >= 15 is 0 Å². The molecule has 1 heteroatoms. The minimum absolute atomic E-state index is 1.10. The predicted octanol–water partition coefficient (Wildman–Crippen LogP) is 17.1. The van der Waals surface area contributed by atoms with Gasteiger partial charge in [0, 0.05) is 17.1 Å². The van der Waals surface area contributed by atoms with E-state index in [0.29, 0.717) is 0 Å². The molecule has 0 aliphatic rings. The van der Waals surface area contributed by atoms with Crippen LogP contribution in [0.4, 0.5) is 17.1 Å². The van der Waals surface area contributed by atoms with Gasteiger partial charge in [0.2, 0.25) is 0 Å². The Bertz CT molecular complexity index is 3230. The van der Waals surface area contributed by atoms with Gasteiger partial charge in [-0.15, -0.1) is 0 Å². The average molecular weight is 774 g/mol. The first kappa shape index (κ1) is 35.0. The Hall–Kier alpha value is -8.00. The molecule has 0 saturated carbocycles. The van der Waals surface area contributed by atoms with Gasteiger partial charge in [0.05, 0.1) is 0 Å². The molecule has 0 aromatic heterocycles. The van der Waals surface area contributed by atoms with Gasteiger partial charge in [-0.05, 0) is 153 Å². The van der Waals surface area contributed by atoms with Gasteiger partial charge in [0.1, 0.15) is 0 Å². The van der Waals surface area contributed by atoms with Crippen LogP contribution in [-0.4, -0.2) is 0 Å². The van der Waals surface area contributed by atoms with Crippen molar-refractivity contribution < 1.29 is 0 Å². The number of benzene rings is 12. The highest BCUT2D eigenvalue weighted by Crippen LogP contribution is 2.42. The Morgan fingerprint density at radius 2 is 0.426 bits per heavy atom. The smallest absolute Gasteiger partial charge is 0.0462 e. The van der Waals surface area contributed by atoms with Crippen LogP contribution in [-0.2, 0) is 0 Å². The van der Waals surface area contributed by atoms with Crippen LogP contribution in [0.1, 0.15) is 0 Å². The van der Waals surface area contributed by atoms with E-state index in [0.717, 1.165) is 17.1 Å². The summed E-state index contributed by atoms with van der Waals surface area (Å²) >= 11 is 0. The summed E-state index contributed by atoms with van der Waals surface area (Å²) < 4.78 is 0. The molecule has 0 atom stereocenters. The lowest BCUT2D eigenvalue weighted by atomic mass is 9.92. The molecule has 0 amide bonds. The van der Waals surface area contributed by atoms with Crippen molar-refractivity contribution in [3.63, 3.8) is 0 Å². The van der Waals surface area contributed by atoms with Crippen molar-refractivity contribution in [3.05, 3.63) is 237 Å². The third kappa shape index (κ3) is 5.93. The van der Waals surface area contributed by atoms with Crippen LogP contribution in [0.5, 0.6) is 0 Å². The second kappa shape index (κ2) is 14.4. The Balaban J connectivity index is 0.983. The average Bonchev–Trinajstić information content (AvgIpc) is 3.34. The number of hydrogen-bond donors (Lipinski definition) is 0. The standard InChI is InChI=1S/C60H39N/c1-4-16-49-43(13-1)37-58(55-22-10-7-19-52(49)55)40-25-31-46(32-26-40)61(47-33-27-41(28-34-47)59-38-44-14-2-5-17-50(44)53-20-8-11-23-56(53)59)48-35-29-42(30-36-48)60-39-45-15-3-6-18-51(45)54-21-9-12-24-57(54)60/h1-39H. The fourth-order valence-electron chi connectivity index (χ4n) is 9.70. The van der Waals surface area contributed by atoms with Gasteiger partial charge in [0.15, 0.2) is 0 Å². The Morgan fingerprint density at radius 3 is 0.705 bits per heavy atom. The largest absolute Gasteiger partial charge is 0.311 e. The summed E-state index contributed by atoms with van der Waals surface area (Å²) in [7, 11) is 0. The second-order valence-corrected chi connectivity index (χ2v) is 16.0. The van der Waals surface area contributed by atoms with Gasteiger partial charge in [-0.1, -0.05) is 182 Å². The molecule has 1 nitrogen and oxygen atoms in total. The van der Waals surface area contributed by atoms with E-state index in [1.54, 1.807) is 0 Å². The summed E-state index contributed by atoms with van der Waals surface area (Å²) in [6.07, 6.45) is 0. The molecule has 284 valence electrons. The van der Waals surface area contributed by atoms with Crippen molar-refractivity contribution in [2.24, 2.45) is 0 Å². The number of hydrogen-bond acceptors (Lipinski definition) is 1. The van der Waals surface area contributed by atoms with Gasteiger partial charge in [-0.2, -0.15) is 0 Å². The zero-order chi connectivity index (χ0) is 40.3. The maximum absolute atomic E-state index is 2.38. The van der Waals surface area contributed by atoms with Crippen LogP contribution >= 0.6 is 0 Å². The molecule has 12 aromatic carbocycles. The molecule has 0 fully saturated rings. The van der Waals surface area contributed by atoms with E-state index in [2.05, 4.69) is 241 Å². The van der Waals surface area contributed by atoms with Crippen LogP contribution in [0.15, 0.2) is 237 Å². The Kier molecular flexibility index (Phi) is 8.25. The van der Waals surface area contributed by atoms with E-state index in [1.807, 2.05) is 0 Å². The molecule has 0 aliphatic heterocycles. The highest BCUT2D eigenvalue weighted by atomic mass is 15.1. The molecule has 12 rings (SSSR count). The normalized spacial score (nSPS) is 11.6. The summed E-state index contributed by atoms with van der Waals surface area (Å²) in [6.45, 7) is 0. The van der Waals surface area contributed by atoms with Crippen LogP contribution in [0.3, 0.4) is 0 Å². The Labute approximate surface area is 355 Å². The lowest BCUT2D eigenvalue weighted by Gasteiger charge is -2.26. The van der Waals surface area contributed by atoms with Crippen LogP contribution in [0.2, 0.25) is 0 Å². The fourth-order valence-corrected chi connectivity index (χ4v) is 9.70. The molecule has 0 aliphatic carbocycles. The molecule has 0 radical (unpaired) electrons. The number of rotatable bonds is 6. The van der Waals surface area contributed by atoms with Crippen LogP contribution in [0, 0.1) is 0 Å². The van der Waals surface area contributed by atoms with E-state index < -0.39 is 0 Å². The van der Waals surface area contributed by atoms with Crippen molar-refractivity contribution in [1.29, 1.82) is 0 Å². The van der Waals surface area contributed by atoms with Gasteiger partial charge in [-0.3, -0.25) is 0 Å². The highest BCUT2D eigenvalue weighted by Gasteiger charge is 2.17. The molecule has 0 spiro atoms. The van der Waals surface area contributed by atoms with E-state index in [4.69, 9.17) is 0 Å². The summed E-state index contributed by atoms with van der Waals surface area (Å²) in [5.74, 6) is 0. The third-order valence-corrected chi connectivity index (χ3v) is 12.6. The minimum atomic E-state index is 1.10. The third-order valence-electron chi connectivity index (χ3n) is 12.6. The second-order valence-electron chi connectivity index (χ2n) is 16.0. The molecular formula is C60H39N. The van der Waals surface area contributed by atoms with Crippen LogP contribution in [0.25, 0.3) is 98.0 Å². The molecule has 0 bridgehead atoms. The van der Waals surface area contributed by atoms with Gasteiger partial charge in [0.25, 0.3) is 0 Å². The lowest BCUT2D eigenvalue weighted by molar-refractivity contribution is 1.28. The summed E-state index contributed by atoms with van der Waals surface area (Å²) in [4.78, 5) is 2.38. The maximum Gasteiger partial charge on any atom is 0.0462 e. The number of fused-ring (bicyclic) bond motifs is 9. The Morgan fingerprint density at radius 1 is 0.197 bits per heavy atom. The first-order valence-corrected chi connectivity index (χ1v) is 21.1. The van der Waals surface area contributed by atoms with Crippen molar-refractivity contribution >= 4 is 81.7 Å². The van der Waals surface area contributed by atoms with Crippen LogP contribution < -0.4 is 4.90 Å². The van der Waals surface area contributed by atoms with E-state index in [9.17, 15) is 0 Å². The summed E-state index contributed by atoms with van der Waals surface area (Å²) in [5.41, 5.74) is 10.6. The highest BCUT2D eigenvalue weighted by molar-refractivity contribution is 6.16. The zero-order valence-corrected chi connectivity index (χ0v) is 33.5. The molecule has 0 N–H and O–H groups in total. The number of nitrogens with zero attached hydrogens (tertiary/aromatic N) is 1. The first-order chi connectivity index (χ1) is 30.2. The van der Waals surface area contributed by atoms with E-state index in [-0.39, 0.29) is 0 Å². The SMILES string of the molecule is c1ccc2c(c1)cc(-c1ccc(N(c3ccc(-c4cc5ccccc5c5ccccc45)cc3)c3ccc(-c4cc5ccccc5c5ccccc45)cc3)cc1)c1ccccc12. The van der Waals surface area contributed by atoms with Crippen molar-refractivity contribution in [3.8, 4) is 33.4 Å². The zero-order valence-electron chi connectivity index (χ0n) is 33.5. The molecule has 12 aromatic rings. The summed E-state index contributed by atoms with van der Waals surface area (Å²) in [5, 5.41) is 15.2. The van der Waals surface area contributed by atoms with Gasteiger partial charge >= 0.3 is 0 Å². The lowest BCUT2D eigenvalue weighted by Crippen LogP contribution is -2.09. The molecule has 0 saturated heterocycles. The molecule has 61 heavy (non-hydrogen) atoms. The predicted molar refractivity (Wildman–Crippen MR) is 262 cm³/mol. The topological polar surface area (TPSA) is 3.24 Å². The van der Waals surface area contributed by atoms with Gasteiger partial charge in [-0.25, -0.2) is 0 Å². The van der Waals surface area contributed by atoms with Gasteiger partial charge < -0.3 is 4.90 Å². The number of anilines is 3.